The summed E-state index contributed by atoms with van der Waals surface area (Å²) in [5, 5.41) is 0. The molecular formula is C6H14N2O2S. The molecule has 66 valence electrons. The third kappa shape index (κ3) is 2.15. The van der Waals surface area contributed by atoms with Gasteiger partial charge in [-0.2, -0.15) is 0 Å². The maximum absolute atomic E-state index is 11.1. The van der Waals surface area contributed by atoms with E-state index in [-0.39, 0.29) is 23.5 Å². The maximum Gasteiger partial charge on any atom is 0.150 e. The Kier molecular flexibility index (Phi) is 2.51. The molecule has 0 saturated carbocycles. The minimum absolute atomic E-state index is 0.0245. The van der Waals surface area contributed by atoms with Gasteiger partial charge in [-0.05, 0) is 13.0 Å². The van der Waals surface area contributed by atoms with E-state index in [1.807, 2.05) is 0 Å². The molecular weight excluding hydrogens is 164 g/mol. The van der Waals surface area contributed by atoms with Crippen molar-refractivity contribution in [3.05, 3.63) is 0 Å². The van der Waals surface area contributed by atoms with Crippen LogP contribution in [-0.4, -0.2) is 32.5 Å². The van der Waals surface area contributed by atoms with E-state index in [4.69, 9.17) is 11.5 Å². The lowest BCUT2D eigenvalue weighted by Gasteiger charge is -2.26. The molecule has 0 spiro atoms. The molecule has 11 heavy (non-hydrogen) atoms. The van der Waals surface area contributed by atoms with Crippen LogP contribution in [0, 0.1) is 5.92 Å². The number of hydrogen-bond acceptors (Lipinski definition) is 4. The van der Waals surface area contributed by atoms with Crippen LogP contribution >= 0.6 is 0 Å². The molecule has 0 aromatic heterocycles. The van der Waals surface area contributed by atoms with E-state index >= 15 is 0 Å². The topological polar surface area (TPSA) is 86.2 Å². The van der Waals surface area contributed by atoms with Crippen molar-refractivity contribution in [2.24, 2.45) is 17.4 Å². The molecule has 0 unspecified atom stereocenters. The van der Waals surface area contributed by atoms with Crippen LogP contribution in [0.2, 0.25) is 0 Å². The second-order valence-electron chi connectivity index (χ2n) is 3.06. The molecule has 0 aromatic carbocycles. The summed E-state index contributed by atoms with van der Waals surface area (Å²) < 4.78 is 22.1. The Labute approximate surface area is 66.9 Å². The predicted molar refractivity (Wildman–Crippen MR) is 43.8 cm³/mol. The molecule has 0 bridgehead atoms. The lowest BCUT2D eigenvalue weighted by Crippen LogP contribution is -2.45. The first-order valence-electron chi connectivity index (χ1n) is 3.71. The maximum atomic E-state index is 11.1. The highest BCUT2D eigenvalue weighted by Gasteiger charge is 2.29. The highest BCUT2D eigenvalue weighted by Crippen LogP contribution is 2.15. The van der Waals surface area contributed by atoms with Gasteiger partial charge in [0.1, 0.15) is 0 Å². The van der Waals surface area contributed by atoms with Gasteiger partial charge < -0.3 is 11.5 Å². The summed E-state index contributed by atoms with van der Waals surface area (Å²) in [4.78, 5) is 0. The fourth-order valence-electron chi connectivity index (χ4n) is 1.33. The average Bonchev–Trinajstić information content (AvgIpc) is 1.94. The normalized spacial score (nSPS) is 36.9. The first-order valence-corrected chi connectivity index (χ1v) is 5.53. The van der Waals surface area contributed by atoms with Crippen molar-refractivity contribution in [2.45, 2.75) is 12.5 Å². The second kappa shape index (κ2) is 3.08. The highest BCUT2D eigenvalue weighted by atomic mass is 32.2. The van der Waals surface area contributed by atoms with Crippen molar-refractivity contribution in [1.29, 1.82) is 0 Å². The molecule has 1 heterocycles. The van der Waals surface area contributed by atoms with Crippen LogP contribution in [0.3, 0.4) is 0 Å². The van der Waals surface area contributed by atoms with Crippen molar-refractivity contribution in [1.82, 2.24) is 0 Å². The van der Waals surface area contributed by atoms with E-state index in [1.165, 1.54) is 0 Å². The quantitative estimate of drug-likeness (QED) is 0.523. The zero-order chi connectivity index (χ0) is 8.48. The van der Waals surface area contributed by atoms with E-state index in [1.54, 1.807) is 0 Å². The Balaban J connectivity index is 2.66. The van der Waals surface area contributed by atoms with E-state index in [9.17, 15) is 8.42 Å². The van der Waals surface area contributed by atoms with E-state index in [2.05, 4.69) is 0 Å². The number of nitrogens with two attached hydrogens (primary N) is 2. The zero-order valence-corrected chi connectivity index (χ0v) is 7.18. The van der Waals surface area contributed by atoms with Crippen LogP contribution < -0.4 is 11.5 Å². The molecule has 4 N–H and O–H groups in total. The van der Waals surface area contributed by atoms with Gasteiger partial charge in [0, 0.05) is 12.0 Å². The van der Waals surface area contributed by atoms with Gasteiger partial charge in [0.15, 0.2) is 9.84 Å². The summed E-state index contributed by atoms with van der Waals surface area (Å²) >= 11 is 0. The summed E-state index contributed by atoms with van der Waals surface area (Å²) in [5.74, 6) is 0.365. The average molecular weight is 178 g/mol. The molecule has 5 heteroatoms. The van der Waals surface area contributed by atoms with Crippen molar-refractivity contribution in [2.75, 3.05) is 18.1 Å². The van der Waals surface area contributed by atoms with Crippen LogP contribution in [0.1, 0.15) is 6.42 Å². The minimum Gasteiger partial charge on any atom is -0.330 e. The molecule has 1 fully saturated rings. The number of sulfone groups is 1. The highest BCUT2D eigenvalue weighted by molar-refractivity contribution is 7.91. The van der Waals surface area contributed by atoms with Crippen LogP contribution in [0.25, 0.3) is 0 Å². The van der Waals surface area contributed by atoms with Gasteiger partial charge >= 0.3 is 0 Å². The molecule has 0 aliphatic carbocycles. The summed E-state index contributed by atoms with van der Waals surface area (Å²) in [6.45, 7) is 0.375. The van der Waals surface area contributed by atoms with E-state index < -0.39 is 9.84 Å². The standard InChI is InChI=1S/C6H14N2O2S/c7-3-5-4-11(9,10)2-1-6(5)8/h5-6H,1-4,7-8H2/t5-,6-/m1/s1. The fraction of sp³-hybridized carbons (Fsp3) is 1.00. The van der Waals surface area contributed by atoms with Crippen LogP contribution in [0.5, 0.6) is 0 Å². The SMILES string of the molecule is NC[C@@H]1CS(=O)(=O)CC[C@H]1N. The predicted octanol–water partition coefficient (Wildman–Crippen LogP) is -1.29. The summed E-state index contributed by atoms with van der Waals surface area (Å²) in [7, 11) is -2.84. The molecule has 0 aromatic rings. The van der Waals surface area contributed by atoms with Gasteiger partial charge in [-0.15, -0.1) is 0 Å². The Morgan fingerprint density at radius 3 is 2.55 bits per heavy atom. The van der Waals surface area contributed by atoms with Gasteiger partial charge in [-0.1, -0.05) is 0 Å². The molecule has 1 saturated heterocycles. The van der Waals surface area contributed by atoms with Crippen LogP contribution in [0.15, 0.2) is 0 Å². The Morgan fingerprint density at radius 2 is 2.09 bits per heavy atom. The fourth-order valence-corrected chi connectivity index (χ4v) is 3.16. The summed E-state index contributed by atoms with van der Waals surface area (Å²) in [6, 6.07) is -0.0245. The summed E-state index contributed by atoms with van der Waals surface area (Å²) in [5.41, 5.74) is 11.0. The first-order chi connectivity index (χ1) is 5.05. The van der Waals surface area contributed by atoms with Gasteiger partial charge in [0.25, 0.3) is 0 Å². The number of hydrogen-bond donors (Lipinski definition) is 2. The summed E-state index contributed by atoms with van der Waals surface area (Å²) in [6.07, 6.45) is 0.560. The Bertz CT molecular complexity index is 225. The second-order valence-corrected chi connectivity index (χ2v) is 5.29. The van der Waals surface area contributed by atoms with Crippen molar-refractivity contribution in [3.63, 3.8) is 0 Å². The van der Waals surface area contributed by atoms with E-state index in [0.717, 1.165) is 0 Å². The molecule has 1 aliphatic rings. The van der Waals surface area contributed by atoms with Crippen molar-refractivity contribution in [3.8, 4) is 0 Å². The van der Waals surface area contributed by atoms with E-state index in [0.29, 0.717) is 13.0 Å². The largest absolute Gasteiger partial charge is 0.330 e. The molecule has 4 nitrogen and oxygen atoms in total. The lowest BCUT2D eigenvalue weighted by atomic mass is 10.0. The lowest BCUT2D eigenvalue weighted by molar-refractivity contribution is 0.429. The number of rotatable bonds is 1. The Hall–Kier alpha value is -0.130. The molecule has 0 radical (unpaired) electrons. The van der Waals surface area contributed by atoms with Crippen LogP contribution in [-0.2, 0) is 9.84 Å². The smallest absolute Gasteiger partial charge is 0.150 e. The molecule has 2 atom stereocenters. The monoisotopic (exact) mass is 178 g/mol. The van der Waals surface area contributed by atoms with Gasteiger partial charge in [0.2, 0.25) is 0 Å². The van der Waals surface area contributed by atoms with Crippen molar-refractivity contribution >= 4 is 9.84 Å². The molecule has 0 amide bonds. The minimum atomic E-state index is -2.84. The first kappa shape index (κ1) is 8.96. The van der Waals surface area contributed by atoms with Gasteiger partial charge in [-0.25, -0.2) is 8.42 Å². The molecule has 1 rings (SSSR count). The van der Waals surface area contributed by atoms with Gasteiger partial charge in [0.05, 0.1) is 11.5 Å². The Morgan fingerprint density at radius 1 is 1.45 bits per heavy atom. The van der Waals surface area contributed by atoms with Crippen molar-refractivity contribution < 1.29 is 8.42 Å². The third-order valence-corrected chi connectivity index (χ3v) is 3.93. The van der Waals surface area contributed by atoms with Crippen LogP contribution in [0.4, 0.5) is 0 Å². The zero-order valence-electron chi connectivity index (χ0n) is 6.36. The molecule has 1 aliphatic heterocycles. The third-order valence-electron chi connectivity index (χ3n) is 2.14. The van der Waals surface area contributed by atoms with Gasteiger partial charge in [-0.3, -0.25) is 0 Å².